The summed E-state index contributed by atoms with van der Waals surface area (Å²) in [5.41, 5.74) is 1.52. The van der Waals surface area contributed by atoms with Gasteiger partial charge in [-0.25, -0.2) is 0 Å². The van der Waals surface area contributed by atoms with Gasteiger partial charge in [0.2, 0.25) is 0 Å². The van der Waals surface area contributed by atoms with Crippen LogP contribution in [0.5, 0.6) is 0 Å². The highest BCUT2D eigenvalue weighted by Crippen LogP contribution is 2.68. The SMILES string of the molecule is C[C@H](CCC(C)(C)C)[C@H]1CCC2C3CCC4C[C@@H](O[Si](c5ccccc5)(c5ccccc5)C(C)(C)C)CC[C@]4(C)C3CC[C@@]21C. The average Bonchev–Trinajstić information content (AvgIpc) is 3.36. The van der Waals surface area contributed by atoms with Crippen LogP contribution in [0.4, 0.5) is 0 Å². The lowest BCUT2D eigenvalue weighted by atomic mass is 9.44. The molecule has 2 aromatic rings. The molecule has 0 aliphatic heterocycles. The molecule has 0 spiro atoms. The van der Waals surface area contributed by atoms with Crippen LogP contribution in [0.15, 0.2) is 60.7 Å². The minimum absolute atomic E-state index is 0.0466. The maximum absolute atomic E-state index is 7.76. The van der Waals surface area contributed by atoms with E-state index in [9.17, 15) is 0 Å². The van der Waals surface area contributed by atoms with E-state index < -0.39 is 8.32 Å². The van der Waals surface area contributed by atoms with Crippen LogP contribution >= 0.6 is 0 Å². The fourth-order valence-corrected chi connectivity index (χ4v) is 16.8. The molecule has 2 heteroatoms. The summed E-state index contributed by atoms with van der Waals surface area (Å²) in [5, 5.41) is 2.91. The molecule has 2 aromatic carbocycles. The third-order valence-corrected chi connectivity index (χ3v) is 19.6. The molecule has 6 rings (SSSR count). The molecule has 0 bridgehead atoms. The molecule has 45 heavy (non-hydrogen) atoms. The highest BCUT2D eigenvalue weighted by molar-refractivity contribution is 6.99. The van der Waals surface area contributed by atoms with E-state index in [1.165, 1.54) is 81.0 Å². The summed E-state index contributed by atoms with van der Waals surface area (Å²) >= 11 is 0. The Morgan fingerprint density at radius 3 is 1.89 bits per heavy atom. The molecule has 0 heterocycles. The lowest BCUT2D eigenvalue weighted by Gasteiger charge is -2.62. The minimum atomic E-state index is -2.52. The zero-order chi connectivity index (χ0) is 32.3. The number of fused-ring (bicyclic) bond motifs is 5. The summed E-state index contributed by atoms with van der Waals surface area (Å²) in [6.45, 7) is 22.7. The predicted molar refractivity (Wildman–Crippen MR) is 196 cm³/mol. The first-order valence-electron chi connectivity index (χ1n) is 19.0. The van der Waals surface area contributed by atoms with Crippen LogP contribution in [0.2, 0.25) is 5.04 Å². The first-order valence-corrected chi connectivity index (χ1v) is 20.9. The first-order chi connectivity index (χ1) is 21.2. The van der Waals surface area contributed by atoms with E-state index in [0.717, 1.165) is 35.5 Å². The van der Waals surface area contributed by atoms with Crippen molar-refractivity contribution >= 4 is 18.7 Å². The van der Waals surface area contributed by atoms with Crippen LogP contribution in [0.25, 0.3) is 0 Å². The van der Waals surface area contributed by atoms with Crippen LogP contribution in [0.3, 0.4) is 0 Å². The maximum atomic E-state index is 7.76. The maximum Gasteiger partial charge on any atom is 0.261 e. The molecule has 4 aliphatic carbocycles. The third-order valence-electron chi connectivity index (χ3n) is 14.5. The molecule has 4 unspecified atom stereocenters. The Hall–Kier alpha value is -1.38. The van der Waals surface area contributed by atoms with Gasteiger partial charge in [-0.05, 0) is 138 Å². The molecular formula is C43H66OSi. The van der Waals surface area contributed by atoms with Gasteiger partial charge in [0.25, 0.3) is 8.32 Å². The molecule has 248 valence electrons. The largest absolute Gasteiger partial charge is 0.404 e. The van der Waals surface area contributed by atoms with Crippen molar-refractivity contribution < 1.29 is 4.43 Å². The minimum Gasteiger partial charge on any atom is -0.404 e. The molecule has 4 aliphatic rings. The smallest absolute Gasteiger partial charge is 0.261 e. The van der Waals surface area contributed by atoms with Crippen molar-refractivity contribution in [2.45, 2.75) is 144 Å². The molecule has 0 amide bonds. The zero-order valence-electron chi connectivity index (χ0n) is 30.5. The van der Waals surface area contributed by atoms with E-state index in [1.54, 1.807) is 0 Å². The Bertz CT molecular complexity index is 1230. The van der Waals surface area contributed by atoms with E-state index in [-0.39, 0.29) is 5.04 Å². The summed E-state index contributed by atoms with van der Waals surface area (Å²) in [6, 6.07) is 22.7. The van der Waals surface area contributed by atoms with Gasteiger partial charge in [-0.15, -0.1) is 0 Å². The van der Waals surface area contributed by atoms with Gasteiger partial charge in [-0.1, -0.05) is 123 Å². The van der Waals surface area contributed by atoms with E-state index in [4.69, 9.17) is 4.43 Å². The van der Waals surface area contributed by atoms with Crippen molar-refractivity contribution in [3.05, 3.63) is 60.7 Å². The Kier molecular flexibility index (Phi) is 9.13. The van der Waals surface area contributed by atoms with E-state index in [1.807, 2.05) is 0 Å². The monoisotopic (exact) mass is 626 g/mol. The molecule has 4 fully saturated rings. The Balaban J connectivity index is 1.21. The first kappa shape index (κ1) is 33.5. The molecule has 4 saturated carbocycles. The van der Waals surface area contributed by atoms with Crippen molar-refractivity contribution in [3.63, 3.8) is 0 Å². The van der Waals surface area contributed by atoms with Crippen LogP contribution in [-0.4, -0.2) is 14.4 Å². The summed E-state index contributed by atoms with van der Waals surface area (Å²) in [4.78, 5) is 0. The van der Waals surface area contributed by atoms with Crippen molar-refractivity contribution in [1.82, 2.24) is 0 Å². The summed E-state index contributed by atoms with van der Waals surface area (Å²) in [7, 11) is -2.52. The van der Waals surface area contributed by atoms with Crippen molar-refractivity contribution in [1.29, 1.82) is 0 Å². The second-order valence-corrected chi connectivity index (χ2v) is 23.4. The third kappa shape index (κ3) is 5.96. The van der Waals surface area contributed by atoms with Crippen LogP contribution in [0, 0.1) is 51.8 Å². The van der Waals surface area contributed by atoms with Crippen molar-refractivity contribution in [2.24, 2.45) is 51.8 Å². The number of benzene rings is 2. The number of hydrogen-bond acceptors (Lipinski definition) is 1. The quantitative estimate of drug-likeness (QED) is 0.278. The lowest BCUT2D eigenvalue weighted by Crippen LogP contribution is -2.68. The molecule has 0 N–H and O–H groups in total. The van der Waals surface area contributed by atoms with Gasteiger partial charge in [0, 0.05) is 6.10 Å². The topological polar surface area (TPSA) is 9.23 Å². The fourth-order valence-electron chi connectivity index (χ4n) is 12.1. The second kappa shape index (κ2) is 12.3. The fraction of sp³-hybridized carbons (Fsp3) is 0.721. The highest BCUT2D eigenvalue weighted by atomic mass is 28.4. The molecule has 1 nitrogen and oxygen atoms in total. The van der Waals surface area contributed by atoms with Crippen LogP contribution in [-0.2, 0) is 4.43 Å². The van der Waals surface area contributed by atoms with E-state index >= 15 is 0 Å². The molecule has 0 aromatic heterocycles. The Morgan fingerprint density at radius 1 is 0.733 bits per heavy atom. The van der Waals surface area contributed by atoms with Gasteiger partial charge in [0.05, 0.1) is 0 Å². The summed E-state index contributed by atoms with van der Waals surface area (Å²) in [6.07, 6.45) is 15.8. The van der Waals surface area contributed by atoms with Crippen LogP contribution in [0.1, 0.15) is 133 Å². The number of hydrogen-bond donors (Lipinski definition) is 0. The Morgan fingerprint density at radius 2 is 1.31 bits per heavy atom. The summed E-state index contributed by atoms with van der Waals surface area (Å²) < 4.78 is 7.76. The van der Waals surface area contributed by atoms with Gasteiger partial charge in [0.15, 0.2) is 0 Å². The standard InChI is InChI=1S/C43H66OSi/c1-31(24-27-40(2,3)4)37-22-23-38-36-21-20-32-30-33(25-28-42(32,8)39(36)26-29-43(37,38)9)44-45(41(5,6)7,34-16-12-10-13-17-34)35-18-14-11-15-19-35/h10-19,31-33,36-39H,20-30H2,1-9H3/t31-,32?,33+,36?,37-,38?,39?,42+,43-/m1/s1. The van der Waals surface area contributed by atoms with Gasteiger partial charge in [0.1, 0.15) is 0 Å². The summed E-state index contributed by atoms with van der Waals surface area (Å²) in [5.74, 6) is 5.46. The Labute approximate surface area is 278 Å². The van der Waals surface area contributed by atoms with Gasteiger partial charge < -0.3 is 4.43 Å². The highest BCUT2D eigenvalue weighted by Gasteiger charge is 2.61. The zero-order valence-corrected chi connectivity index (χ0v) is 31.5. The van der Waals surface area contributed by atoms with Gasteiger partial charge >= 0.3 is 0 Å². The predicted octanol–water partition coefficient (Wildman–Crippen LogP) is 11.1. The number of rotatable bonds is 7. The lowest BCUT2D eigenvalue weighted by molar-refractivity contribution is -0.127. The van der Waals surface area contributed by atoms with Crippen molar-refractivity contribution in [2.75, 3.05) is 0 Å². The van der Waals surface area contributed by atoms with Gasteiger partial charge in [-0.3, -0.25) is 0 Å². The van der Waals surface area contributed by atoms with Crippen LogP contribution < -0.4 is 10.4 Å². The molecular weight excluding hydrogens is 561 g/mol. The second-order valence-electron chi connectivity index (χ2n) is 19.1. The van der Waals surface area contributed by atoms with E-state index in [2.05, 4.69) is 123 Å². The normalized spacial score (nSPS) is 36.1. The molecule has 0 saturated heterocycles. The molecule has 9 atom stereocenters. The average molecular weight is 627 g/mol. The van der Waals surface area contributed by atoms with E-state index in [0.29, 0.717) is 22.3 Å². The van der Waals surface area contributed by atoms with Crippen molar-refractivity contribution in [3.8, 4) is 0 Å². The molecule has 0 radical (unpaired) electrons. The van der Waals surface area contributed by atoms with Gasteiger partial charge in [-0.2, -0.15) is 0 Å².